The lowest BCUT2D eigenvalue weighted by Gasteiger charge is -2.33. The van der Waals surface area contributed by atoms with Crippen LogP contribution in [0, 0.1) is 0 Å². The Labute approximate surface area is 244 Å². The van der Waals surface area contributed by atoms with E-state index in [0.29, 0.717) is 12.6 Å². The van der Waals surface area contributed by atoms with Crippen LogP contribution in [0.15, 0.2) is 65.8 Å². The van der Waals surface area contributed by atoms with Crippen molar-refractivity contribution in [3.8, 4) is 0 Å². The van der Waals surface area contributed by atoms with Crippen LogP contribution in [0.4, 0.5) is 4.79 Å². The average molecular weight is 569 g/mol. The lowest BCUT2D eigenvalue weighted by molar-refractivity contribution is -0.541. The third-order valence-electron chi connectivity index (χ3n) is 6.63. The SMILES string of the molecule is CO/N=C(\c1ccccc1)N1CCN[C@H](C)C1.CSC(c1ccccc1)=[N+]1CCN(C(=O)OC(C)(C)C)[C@H](C)C1. The molecule has 0 aliphatic carbocycles. The highest BCUT2D eigenvalue weighted by Gasteiger charge is 2.34. The van der Waals surface area contributed by atoms with Gasteiger partial charge in [-0.05, 0) is 53.0 Å². The standard InChI is InChI=1S/C18H27N2O2S.C13H19N3O/c1-14-13-19(16(23-5)15-9-7-6-8-10-15)11-12-20(14)17(21)22-18(2,3)4;1-11-10-16(9-8-14-11)13(15-17-2)12-6-4-3-5-7-12/h6-10,14H,11-13H2,1-5H3;3-7,11,14H,8-10H2,1-2H3/q+1;/b;15-13+/t14-;11-/m11/s1. The van der Waals surface area contributed by atoms with Gasteiger partial charge in [-0.3, -0.25) is 4.90 Å². The Balaban J connectivity index is 0.000000230. The number of rotatable bonds is 3. The summed E-state index contributed by atoms with van der Waals surface area (Å²) in [6.07, 6.45) is 1.89. The normalized spacial score (nSPS) is 21.2. The van der Waals surface area contributed by atoms with E-state index in [1.807, 2.05) is 49.9 Å². The molecule has 1 N–H and O–H groups in total. The number of carbonyl (C=O) groups is 1. The molecular formula is C31H46N5O3S+. The van der Waals surface area contributed by atoms with Crippen molar-refractivity contribution in [1.82, 2.24) is 15.1 Å². The highest BCUT2D eigenvalue weighted by atomic mass is 32.2. The van der Waals surface area contributed by atoms with Crippen LogP contribution in [0.25, 0.3) is 0 Å². The summed E-state index contributed by atoms with van der Waals surface area (Å²) in [6.45, 7) is 15.2. The van der Waals surface area contributed by atoms with Gasteiger partial charge >= 0.3 is 6.09 Å². The van der Waals surface area contributed by atoms with E-state index < -0.39 is 5.60 Å². The summed E-state index contributed by atoms with van der Waals surface area (Å²) < 4.78 is 7.88. The second-order valence-electron chi connectivity index (χ2n) is 11.1. The van der Waals surface area contributed by atoms with Gasteiger partial charge in [0.1, 0.15) is 12.7 Å². The molecule has 0 bridgehead atoms. The third kappa shape index (κ3) is 9.27. The van der Waals surface area contributed by atoms with Crippen LogP contribution >= 0.6 is 11.8 Å². The largest absolute Gasteiger partial charge is 0.444 e. The third-order valence-corrected chi connectivity index (χ3v) is 7.52. The molecule has 8 nitrogen and oxygen atoms in total. The molecule has 2 aromatic rings. The molecule has 0 saturated carbocycles. The fourth-order valence-corrected chi connectivity index (χ4v) is 5.63. The second-order valence-corrected chi connectivity index (χ2v) is 11.9. The number of hydrogen-bond acceptors (Lipinski definition) is 6. The zero-order chi connectivity index (χ0) is 29.1. The molecule has 2 aromatic carbocycles. The maximum Gasteiger partial charge on any atom is 0.410 e. The van der Waals surface area contributed by atoms with Gasteiger partial charge in [-0.15, -0.1) is 0 Å². The minimum absolute atomic E-state index is 0.129. The van der Waals surface area contributed by atoms with E-state index in [1.54, 1.807) is 18.9 Å². The van der Waals surface area contributed by atoms with Crippen molar-refractivity contribution in [3.05, 3.63) is 71.8 Å². The van der Waals surface area contributed by atoms with Crippen molar-refractivity contribution in [1.29, 1.82) is 0 Å². The maximum absolute atomic E-state index is 12.3. The smallest absolute Gasteiger partial charge is 0.410 e. The monoisotopic (exact) mass is 568 g/mol. The molecule has 1 amide bonds. The van der Waals surface area contributed by atoms with E-state index in [4.69, 9.17) is 9.57 Å². The van der Waals surface area contributed by atoms with Gasteiger partial charge in [0, 0.05) is 31.2 Å². The summed E-state index contributed by atoms with van der Waals surface area (Å²) >= 11 is 1.76. The van der Waals surface area contributed by atoms with Gasteiger partial charge in [-0.2, -0.15) is 0 Å². The number of thioether (sulfide) groups is 1. The van der Waals surface area contributed by atoms with Crippen LogP contribution in [0.2, 0.25) is 0 Å². The molecule has 2 aliphatic heterocycles. The minimum atomic E-state index is -0.450. The van der Waals surface area contributed by atoms with Gasteiger partial charge in [0.15, 0.2) is 18.9 Å². The summed E-state index contributed by atoms with van der Waals surface area (Å²) in [5, 5.41) is 8.86. The molecule has 4 rings (SSSR count). The fraction of sp³-hybridized carbons (Fsp3) is 0.516. The second kappa shape index (κ2) is 15.1. The van der Waals surface area contributed by atoms with Crippen LogP contribution in [0.3, 0.4) is 0 Å². The molecule has 2 heterocycles. The van der Waals surface area contributed by atoms with Crippen LogP contribution in [-0.2, 0) is 9.57 Å². The summed E-state index contributed by atoms with van der Waals surface area (Å²) in [4.78, 5) is 21.4. The summed E-state index contributed by atoms with van der Waals surface area (Å²) in [7, 11) is 1.59. The molecule has 2 aliphatic rings. The van der Waals surface area contributed by atoms with Gasteiger partial charge in [-0.1, -0.05) is 65.4 Å². The molecule has 40 heavy (non-hydrogen) atoms. The van der Waals surface area contributed by atoms with Crippen molar-refractivity contribution in [2.45, 2.75) is 52.3 Å². The highest BCUT2D eigenvalue weighted by Crippen LogP contribution is 2.17. The molecule has 0 unspecified atom stereocenters. The first kappa shape index (κ1) is 31.5. The molecule has 2 saturated heterocycles. The minimum Gasteiger partial charge on any atom is -0.444 e. The van der Waals surface area contributed by atoms with Gasteiger partial charge < -0.3 is 19.8 Å². The lowest BCUT2D eigenvalue weighted by atomic mass is 10.1. The van der Waals surface area contributed by atoms with Crippen LogP contribution in [0.1, 0.15) is 45.7 Å². The molecule has 218 valence electrons. The number of nitrogens with one attached hydrogen (secondary N) is 1. The van der Waals surface area contributed by atoms with Crippen molar-refractivity contribution in [3.63, 3.8) is 0 Å². The summed E-state index contributed by atoms with van der Waals surface area (Å²) in [5.41, 5.74) is 1.88. The molecule has 2 fully saturated rings. The maximum atomic E-state index is 12.3. The quantitative estimate of drug-likeness (QED) is 0.250. The van der Waals surface area contributed by atoms with E-state index in [-0.39, 0.29) is 12.1 Å². The van der Waals surface area contributed by atoms with E-state index in [1.165, 1.54) is 10.6 Å². The first-order valence-electron chi connectivity index (χ1n) is 14.0. The Hall–Kier alpha value is -3.04. The van der Waals surface area contributed by atoms with Crippen LogP contribution < -0.4 is 5.32 Å². The molecule has 0 spiro atoms. The molecule has 0 radical (unpaired) electrons. The lowest BCUT2D eigenvalue weighted by Crippen LogP contribution is -2.53. The zero-order valence-electron chi connectivity index (χ0n) is 25.1. The summed E-state index contributed by atoms with van der Waals surface area (Å²) in [6, 6.07) is 21.2. The van der Waals surface area contributed by atoms with Crippen molar-refractivity contribution in [2.24, 2.45) is 5.16 Å². The number of ether oxygens (including phenoxy) is 1. The molecule has 2 atom stereocenters. The fourth-order valence-electron chi connectivity index (χ4n) is 4.84. The predicted molar refractivity (Wildman–Crippen MR) is 165 cm³/mol. The van der Waals surface area contributed by atoms with E-state index >= 15 is 0 Å². The molecule has 0 aromatic heterocycles. The van der Waals surface area contributed by atoms with Gasteiger partial charge in [0.05, 0.1) is 18.2 Å². The Kier molecular flexibility index (Phi) is 11.9. The van der Waals surface area contributed by atoms with Crippen molar-refractivity contribution in [2.75, 3.05) is 52.6 Å². The topological polar surface area (TPSA) is 69.4 Å². The molecular weight excluding hydrogens is 522 g/mol. The molecule has 9 heteroatoms. The average Bonchev–Trinajstić information content (AvgIpc) is 2.93. The van der Waals surface area contributed by atoms with Gasteiger partial charge in [0.2, 0.25) is 5.04 Å². The number of amides is 1. The van der Waals surface area contributed by atoms with E-state index in [0.717, 1.165) is 44.1 Å². The first-order chi connectivity index (χ1) is 19.1. The van der Waals surface area contributed by atoms with Crippen LogP contribution in [-0.4, -0.2) is 102 Å². The van der Waals surface area contributed by atoms with Gasteiger partial charge in [0.25, 0.3) is 0 Å². The van der Waals surface area contributed by atoms with Crippen molar-refractivity contribution < 1.29 is 18.9 Å². The summed E-state index contributed by atoms with van der Waals surface area (Å²) in [5.74, 6) is 0.918. The number of nitrogens with zero attached hydrogens (tertiary/aromatic N) is 4. The highest BCUT2D eigenvalue weighted by molar-refractivity contribution is 8.13. The number of oxime groups is 1. The Bertz CT molecular complexity index is 1130. The van der Waals surface area contributed by atoms with Crippen LogP contribution in [0.5, 0.6) is 0 Å². The van der Waals surface area contributed by atoms with E-state index in [9.17, 15) is 4.79 Å². The van der Waals surface area contributed by atoms with Gasteiger partial charge in [-0.25, -0.2) is 9.37 Å². The Morgan fingerprint density at radius 2 is 1.65 bits per heavy atom. The number of piperazine rings is 2. The number of benzene rings is 2. The Morgan fingerprint density at radius 1 is 1.02 bits per heavy atom. The Morgan fingerprint density at radius 3 is 2.17 bits per heavy atom. The first-order valence-corrected chi connectivity index (χ1v) is 15.2. The number of carbonyl (C=O) groups excluding carboxylic acids is 1. The number of amidine groups is 1. The number of hydrogen-bond donors (Lipinski definition) is 1. The predicted octanol–water partition coefficient (Wildman–Crippen LogP) is 4.74. The zero-order valence-corrected chi connectivity index (χ0v) is 25.9. The van der Waals surface area contributed by atoms with E-state index in [2.05, 4.69) is 76.4 Å². The van der Waals surface area contributed by atoms with Crippen molar-refractivity contribution >= 4 is 28.7 Å².